The van der Waals surface area contributed by atoms with Crippen molar-refractivity contribution in [3.63, 3.8) is 0 Å². The first-order valence-corrected chi connectivity index (χ1v) is 10.6. The van der Waals surface area contributed by atoms with Crippen LogP contribution < -0.4 is 0 Å². The van der Waals surface area contributed by atoms with Crippen molar-refractivity contribution in [2.45, 2.75) is 12.5 Å². The molecule has 3 rings (SSSR count). The van der Waals surface area contributed by atoms with Gasteiger partial charge in [-0.15, -0.1) is 0 Å². The van der Waals surface area contributed by atoms with Crippen molar-refractivity contribution >= 4 is 52.5 Å². The van der Waals surface area contributed by atoms with Crippen LogP contribution in [0.4, 0.5) is 0 Å². The van der Waals surface area contributed by atoms with E-state index in [4.69, 9.17) is 34.8 Å². The van der Waals surface area contributed by atoms with Gasteiger partial charge in [0.25, 0.3) is 5.91 Å². The second kappa shape index (κ2) is 10.6. The van der Waals surface area contributed by atoms with E-state index < -0.39 is 30.2 Å². The number of carbonyl (C=O) groups excluding carboxylic acids is 2. The number of aromatic nitrogens is 1. The maximum Gasteiger partial charge on any atom is 0.326 e. The Labute approximate surface area is 199 Å². The van der Waals surface area contributed by atoms with E-state index in [1.807, 2.05) is 0 Å². The van der Waals surface area contributed by atoms with Gasteiger partial charge in [0.05, 0.1) is 22.2 Å². The Balaban J connectivity index is 2.02. The van der Waals surface area contributed by atoms with Crippen LogP contribution in [0, 0.1) is 0 Å². The standard InChI is InChI=1S/C23H17Cl3N2O4/c24-17-10-4-8-15(20(17)25)19(29)13-28(22(30)16-9-5-11-27-21(16)26)18(23(31)32)12-14-6-2-1-3-7-14/h1-11,18H,12-13H2,(H,31,32). The number of pyridine rings is 1. The van der Waals surface area contributed by atoms with Crippen LogP contribution >= 0.6 is 34.8 Å². The molecule has 0 spiro atoms. The van der Waals surface area contributed by atoms with Crippen molar-refractivity contribution in [3.05, 3.63) is 98.7 Å². The van der Waals surface area contributed by atoms with Gasteiger partial charge < -0.3 is 10.0 Å². The van der Waals surface area contributed by atoms with Gasteiger partial charge in [0.1, 0.15) is 11.2 Å². The lowest BCUT2D eigenvalue weighted by Crippen LogP contribution is -2.49. The number of nitrogens with zero attached hydrogens (tertiary/aromatic N) is 2. The molecule has 1 atom stereocenters. The molecular weight excluding hydrogens is 475 g/mol. The zero-order valence-electron chi connectivity index (χ0n) is 16.5. The first-order valence-electron chi connectivity index (χ1n) is 9.45. The molecule has 9 heteroatoms. The maximum atomic E-state index is 13.3. The van der Waals surface area contributed by atoms with E-state index in [0.717, 1.165) is 4.90 Å². The first kappa shape index (κ1) is 23.7. The number of rotatable bonds is 8. The number of carboxylic acid groups (broad SMARTS) is 1. The van der Waals surface area contributed by atoms with Crippen LogP contribution in [-0.4, -0.2) is 45.2 Å². The van der Waals surface area contributed by atoms with E-state index in [1.54, 1.807) is 36.4 Å². The van der Waals surface area contributed by atoms with Crippen molar-refractivity contribution in [2.75, 3.05) is 6.54 Å². The number of amides is 1. The van der Waals surface area contributed by atoms with E-state index in [1.165, 1.54) is 30.5 Å². The summed E-state index contributed by atoms with van der Waals surface area (Å²) in [5, 5.41) is 10.1. The first-order chi connectivity index (χ1) is 15.3. The Bertz CT molecular complexity index is 1150. The molecule has 3 aromatic rings. The molecule has 0 aliphatic rings. The normalized spacial score (nSPS) is 11.6. The lowest BCUT2D eigenvalue weighted by molar-refractivity contribution is -0.142. The van der Waals surface area contributed by atoms with Crippen molar-refractivity contribution < 1.29 is 19.5 Å². The third kappa shape index (κ3) is 5.46. The molecule has 0 aliphatic heterocycles. The molecule has 6 nitrogen and oxygen atoms in total. The summed E-state index contributed by atoms with van der Waals surface area (Å²) in [7, 11) is 0. The van der Waals surface area contributed by atoms with Crippen LogP contribution in [0.1, 0.15) is 26.3 Å². The molecule has 32 heavy (non-hydrogen) atoms. The van der Waals surface area contributed by atoms with Crippen molar-refractivity contribution in [1.29, 1.82) is 0 Å². The average Bonchev–Trinajstić information content (AvgIpc) is 2.78. The summed E-state index contributed by atoms with van der Waals surface area (Å²) < 4.78 is 0. The highest BCUT2D eigenvalue weighted by Gasteiger charge is 2.34. The Kier molecular flexibility index (Phi) is 7.85. The van der Waals surface area contributed by atoms with Gasteiger partial charge in [0, 0.05) is 18.2 Å². The summed E-state index contributed by atoms with van der Waals surface area (Å²) in [6, 6.07) is 14.9. The zero-order valence-corrected chi connectivity index (χ0v) is 18.8. The van der Waals surface area contributed by atoms with Gasteiger partial charge in [0.15, 0.2) is 5.78 Å². The lowest BCUT2D eigenvalue weighted by Gasteiger charge is -2.29. The quantitative estimate of drug-likeness (QED) is 0.351. The van der Waals surface area contributed by atoms with Crippen LogP contribution in [0.3, 0.4) is 0 Å². The number of halogens is 3. The molecule has 0 saturated carbocycles. The molecule has 0 aliphatic carbocycles. The minimum atomic E-state index is -1.34. The SMILES string of the molecule is O=C(CN(C(=O)c1cccnc1Cl)C(Cc1ccccc1)C(=O)O)c1cccc(Cl)c1Cl. The Hall–Kier alpha value is -2.93. The van der Waals surface area contributed by atoms with Crippen molar-refractivity contribution in [3.8, 4) is 0 Å². The van der Waals surface area contributed by atoms with E-state index in [0.29, 0.717) is 5.56 Å². The predicted molar refractivity (Wildman–Crippen MR) is 123 cm³/mol. The van der Waals surface area contributed by atoms with Gasteiger partial charge in [-0.25, -0.2) is 9.78 Å². The van der Waals surface area contributed by atoms with Gasteiger partial charge in [-0.05, 0) is 29.8 Å². The van der Waals surface area contributed by atoms with Crippen LogP contribution in [0.25, 0.3) is 0 Å². The van der Waals surface area contributed by atoms with Gasteiger partial charge >= 0.3 is 5.97 Å². The number of hydrogen-bond acceptors (Lipinski definition) is 4. The number of carbonyl (C=O) groups is 3. The maximum absolute atomic E-state index is 13.3. The molecule has 0 saturated heterocycles. The molecule has 1 aromatic heterocycles. The molecule has 164 valence electrons. The molecular formula is C23H17Cl3N2O4. The van der Waals surface area contributed by atoms with Gasteiger partial charge in [-0.1, -0.05) is 71.2 Å². The number of benzene rings is 2. The molecule has 1 N–H and O–H groups in total. The van der Waals surface area contributed by atoms with Crippen molar-refractivity contribution in [2.24, 2.45) is 0 Å². The molecule has 0 fully saturated rings. The molecule has 0 bridgehead atoms. The fourth-order valence-corrected chi connectivity index (χ4v) is 3.76. The average molecular weight is 492 g/mol. The predicted octanol–water partition coefficient (Wildman–Crippen LogP) is 5.06. The highest BCUT2D eigenvalue weighted by atomic mass is 35.5. The summed E-state index contributed by atoms with van der Waals surface area (Å²) in [4.78, 5) is 43.5. The van der Waals surface area contributed by atoms with Crippen LogP contribution in [0.15, 0.2) is 66.9 Å². The minimum absolute atomic E-state index is 0.0153. The van der Waals surface area contributed by atoms with Gasteiger partial charge in [-0.3, -0.25) is 9.59 Å². The largest absolute Gasteiger partial charge is 0.480 e. The summed E-state index contributed by atoms with van der Waals surface area (Å²) >= 11 is 18.2. The second-order valence-corrected chi connectivity index (χ2v) is 7.99. The Morgan fingerprint density at radius 2 is 1.59 bits per heavy atom. The Morgan fingerprint density at radius 3 is 2.25 bits per heavy atom. The van der Waals surface area contributed by atoms with E-state index in [-0.39, 0.29) is 32.7 Å². The smallest absolute Gasteiger partial charge is 0.326 e. The van der Waals surface area contributed by atoms with E-state index >= 15 is 0 Å². The summed E-state index contributed by atoms with van der Waals surface area (Å²) in [5.41, 5.74) is 0.750. The number of hydrogen-bond donors (Lipinski definition) is 1. The molecule has 1 amide bonds. The molecule has 0 radical (unpaired) electrons. The monoisotopic (exact) mass is 490 g/mol. The highest BCUT2D eigenvalue weighted by Crippen LogP contribution is 2.27. The van der Waals surface area contributed by atoms with Crippen LogP contribution in [0.5, 0.6) is 0 Å². The molecule has 1 heterocycles. The topological polar surface area (TPSA) is 87.6 Å². The fraction of sp³-hybridized carbons (Fsp3) is 0.130. The second-order valence-electron chi connectivity index (χ2n) is 6.84. The van der Waals surface area contributed by atoms with Gasteiger partial charge in [0.2, 0.25) is 0 Å². The summed E-state index contributed by atoms with van der Waals surface area (Å²) in [6.45, 7) is -0.548. The highest BCUT2D eigenvalue weighted by molar-refractivity contribution is 6.44. The summed E-state index contributed by atoms with van der Waals surface area (Å²) in [6.07, 6.45) is 1.38. The summed E-state index contributed by atoms with van der Waals surface area (Å²) in [5.74, 6) is -2.57. The molecule has 1 unspecified atom stereocenters. The number of Topliss-reactive ketones (excluding diaryl/α,β-unsaturated/α-hetero) is 1. The van der Waals surface area contributed by atoms with E-state index in [2.05, 4.69) is 4.98 Å². The van der Waals surface area contributed by atoms with Gasteiger partial charge in [-0.2, -0.15) is 0 Å². The Morgan fingerprint density at radius 1 is 0.906 bits per heavy atom. The number of aliphatic carboxylic acids is 1. The third-order valence-corrected chi connectivity index (χ3v) is 5.87. The van der Waals surface area contributed by atoms with Crippen LogP contribution in [0.2, 0.25) is 15.2 Å². The number of ketones is 1. The minimum Gasteiger partial charge on any atom is -0.480 e. The zero-order chi connectivity index (χ0) is 23.3. The fourth-order valence-electron chi connectivity index (χ4n) is 3.15. The molecule has 2 aromatic carbocycles. The lowest BCUT2D eigenvalue weighted by atomic mass is 10.0. The van der Waals surface area contributed by atoms with E-state index in [9.17, 15) is 19.5 Å². The number of carboxylic acids is 1. The third-order valence-electron chi connectivity index (χ3n) is 4.75. The van der Waals surface area contributed by atoms with Crippen molar-refractivity contribution in [1.82, 2.24) is 9.88 Å². The van der Waals surface area contributed by atoms with Crippen LogP contribution in [-0.2, 0) is 11.2 Å².